The molecule has 0 aliphatic carbocycles. The molecule has 12 heavy (non-hydrogen) atoms. The molecule has 3 heteroatoms. The molecule has 0 saturated heterocycles. The highest BCUT2D eigenvalue weighted by Gasteiger charge is 2.13. The van der Waals surface area contributed by atoms with Gasteiger partial charge in [0.15, 0.2) is 0 Å². The van der Waals surface area contributed by atoms with Gasteiger partial charge in [0.1, 0.15) is 6.04 Å². The second kappa shape index (κ2) is 3.70. The quantitative estimate of drug-likeness (QED) is 0.759. The van der Waals surface area contributed by atoms with Crippen LogP contribution >= 0.6 is 11.3 Å². The van der Waals surface area contributed by atoms with Gasteiger partial charge in [-0.3, -0.25) is 0 Å². The van der Waals surface area contributed by atoms with E-state index in [0.717, 1.165) is 5.56 Å². The number of rotatable bonds is 2. The van der Waals surface area contributed by atoms with Crippen LogP contribution in [0, 0.1) is 11.3 Å². The minimum Gasteiger partial charge on any atom is -0.312 e. The predicted molar refractivity (Wildman–Crippen MR) is 50.9 cm³/mol. The number of thiophene rings is 1. The molecule has 0 aliphatic heterocycles. The standard InChI is InChI=1S/C9H12N2S/c1-6(2)7-4-12-5-8(7)9(11)3-10/h4-6,9H,11H2,1-2H3. The molecule has 0 fully saturated rings. The average molecular weight is 180 g/mol. The molecule has 0 aromatic carbocycles. The van der Waals surface area contributed by atoms with Gasteiger partial charge in [0.2, 0.25) is 0 Å². The van der Waals surface area contributed by atoms with Crippen LogP contribution in [-0.2, 0) is 0 Å². The Morgan fingerprint density at radius 2 is 2.00 bits per heavy atom. The van der Waals surface area contributed by atoms with Crippen molar-refractivity contribution in [1.29, 1.82) is 5.26 Å². The zero-order valence-electron chi connectivity index (χ0n) is 7.24. The van der Waals surface area contributed by atoms with Crippen molar-refractivity contribution in [2.75, 3.05) is 0 Å². The molecule has 1 unspecified atom stereocenters. The van der Waals surface area contributed by atoms with Gasteiger partial charge in [0, 0.05) is 0 Å². The second-order valence-corrected chi connectivity index (χ2v) is 3.79. The molecule has 0 saturated carbocycles. The van der Waals surface area contributed by atoms with Crippen LogP contribution in [0.2, 0.25) is 0 Å². The molecular weight excluding hydrogens is 168 g/mol. The lowest BCUT2D eigenvalue weighted by molar-refractivity contribution is 0.822. The van der Waals surface area contributed by atoms with E-state index in [1.165, 1.54) is 5.56 Å². The first-order valence-electron chi connectivity index (χ1n) is 3.88. The van der Waals surface area contributed by atoms with Crippen molar-refractivity contribution < 1.29 is 0 Å². The van der Waals surface area contributed by atoms with Crippen molar-refractivity contribution in [1.82, 2.24) is 0 Å². The lowest BCUT2D eigenvalue weighted by Crippen LogP contribution is -2.08. The van der Waals surface area contributed by atoms with E-state index in [1.807, 2.05) is 11.4 Å². The zero-order valence-corrected chi connectivity index (χ0v) is 8.06. The van der Waals surface area contributed by atoms with E-state index in [1.54, 1.807) is 11.3 Å². The maximum absolute atomic E-state index is 8.64. The van der Waals surface area contributed by atoms with Crippen molar-refractivity contribution in [2.45, 2.75) is 25.8 Å². The predicted octanol–water partition coefficient (Wildman–Crippen LogP) is 2.39. The van der Waals surface area contributed by atoms with E-state index >= 15 is 0 Å². The Morgan fingerprint density at radius 3 is 2.50 bits per heavy atom. The number of hydrogen-bond donors (Lipinski definition) is 1. The summed E-state index contributed by atoms with van der Waals surface area (Å²) < 4.78 is 0. The molecule has 1 aromatic heterocycles. The van der Waals surface area contributed by atoms with Crippen LogP contribution in [0.15, 0.2) is 10.8 Å². The van der Waals surface area contributed by atoms with E-state index in [0.29, 0.717) is 5.92 Å². The van der Waals surface area contributed by atoms with Crippen molar-refractivity contribution in [2.24, 2.45) is 5.73 Å². The summed E-state index contributed by atoms with van der Waals surface area (Å²) in [7, 11) is 0. The summed E-state index contributed by atoms with van der Waals surface area (Å²) in [6.07, 6.45) is 0. The maximum atomic E-state index is 8.64. The average Bonchev–Trinajstić information content (AvgIpc) is 2.50. The lowest BCUT2D eigenvalue weighted by atomic mass is 9.99. The molecule has 64 valence electrons. The monoisotopic (exact) mass is 180 g/mol. The highest BCUT2D eigenvalue weighted by Crippen LogP contribution is 2.27. The van der Waals surface area contributed by atoms with E-state index < -0.39 is 6.04 Å². The highest BCUT2D eigenvalue weighted by atomic mass is 32.1. The Kier molecular flexibility index (Phi) is 2.85. The van der Waals surface area contributed by atoms with Crippen LogP contribution in [0.1, 0.15) is 36.9 Å². The molecule has 1 atom stereocenters. The number of hydrogen-bond acceptors (Lipinski definition) is 3. The summed E-state index contributed by atoms with van der Waals surface area (Å²) in [5.41, 5.74) is 7.81. The molecule has 0 radical (unpaired) electrons. The van der Waals surface area contributed by atoms with E-state index in [2.05, 4.69) is 19.2 Å². The van der Waals surface area contributed by atoms with E-state index in [-0.39, 0.29) is 0 Å². The van der Waals surface area contributed by atoms with Gasteiger partial charge < -0.3 is 5.73 Å². The number of nitrogens with zero attached hydrogens (tertiary/aromatic N) is 1. The molecular formula is C9H12N2S. The number of nitriles is 1. The lowest BCUT2D eigenvalue weighted by Gasteiger charge is -2.07. The van der Waals surface area contributed by atoms with Gasteiger partial charge in [-0.1, -0.05) is 13.8 Å². The van der Waals surface area contributed by atoms with Gasteiger partial charge in [-0.15, -0.1) is 0 Å². The Balaban J connectivity index is 3.01. The summed E-state index contributed by atoms with van der Waals surface area (Å²) in [5.74, 6) is 0.450. The van der Waals surface area contributed by atoms with Gasteiger partial charge in [-0.05, 0) is 27.8 Å². The van der Waals surface area contributed by atoms with E-state index in [9.17, 15) is 0 Å². The molecule has 1 aromatic rings. The SMILES string of the molecule is CC(C)c1cscc1C(N)C#N. The largest absolute Gasteiger partial charge is 0.312 e. The fourth-order valence-electron chi connectivity index (χ4n) is 1.11. The first kappa shape index (κ1) is 9.24. The molecule has 1 heterocycles. The highest BCUT2D eigenvalue weighted by molar-refractivity contribution is 7.08. The molecule has 0 bridgehead atoms. The molecule has 0 aliphatic rings. The summed E-state index contributed by atoms with van der Waals surface area (Å²) >= 11 is 1.61. The van der Waals surface area contributed by atoms with Crippen LogP contribution < -0.4 is 5.73 Å². The zero-order chi connectivity index (χ0) is 9.14. The Bertz CT molecular complexity index is 296. The normalized spacial score (nSPS) is 12.9. The third-order valence-electron chi connectivity index (χ3n) is 1.82. The fraction of sp³-hybridized carbons (Fsp3) is 0.444. The van der Waals surface area contributed by atoms with Crippen LogP contribution in [0.5, 0.6) is 0 Å². The second-order valence-electron chi connectivity index (χ2n) is 3.04. The van der Waals surface area contributed by atoms with Crippen LogP contribution in [-0.4, -0.2) is 0 Å². The van der Waals surface area contributed by atoms with Crippen molar-refractivity contribution >= 4 is 11.3 Å². The van der Waals surface area contributed by atoms with Crippen molar-refractivity contribution in [3.8, 4) is 6.07 Å². The molecule has 2 nitrogen and oxygen atoms in total. The Morgan fingerprint density at radius 1 is 1.42 bits per heavy atom. The van der Waals surface area contributed by atoms with Gasteiger partial charge in [-0.2, -0.15) is 16.6 Å². The smallest absolute Gasteiger partial charge is 0.119 e. The minimum atomic E-state index is -0.464. The maximum Gasteiger partial charge on any atom is 0.119 e. The molecule has 1 rings (SSSR count). The summed E-state index contributed by atoms with van der Waals surface area (Å²) in [5, 5.41) is 12.7. The molecule has 0 amide bonds. The van der Waals surface area contributed by atoms with Crippen LogP contribution in [0.4, 0.5) is 0 Å². The van der Waals surface area contributed by atoms with E-state index in [4.69, 9.17) is 11.0 Å². The van der Waals surface area contributed by atoms with Gasteiger partial charge in [0.25, 0.3) is 0 Å². The third-order valence-corrected chi connectivity index (χ3v) is 2.60. The Labute approximate surface area is 76.6 Å². The number of nitrogens with two attached hydrogens (primary N) is 1. The topological polar surface area (TPSA) is 49.8 Å². The molecule has 2 N–H and O–H groups in total. The van der Waals surface area contributed by atoms with Crippen LogP contribution in [0.3, 0.4) is 0 Å². The van der Waals surface area contributed by atoms with Crippen molar-refractivity contribution in [3.05, 3.63) is 21.9 Å². The van der Waals surface area contributed by atoms with Crippen LogP contribution in [0.25, 0.3) is 0 Å². The summed E-state index contributed by atoms with van der Waals surface area (Å²) in [6, 6.07) is 1.58. The van der Waals surface area contributed by atoms with Crippen molar-refractivity contribution in [3.63, 3.8) is 0 Å². The third kappa shape index (κ3) is 1.66. The fourth-order valence-corrected chi connectivity index (χ4v) is 2.16. The van der Waals surface area contributed by atoms with Gasteiger partial charge >= 0.3 is 0 Å². The molecule has 0 spiro atoms. The first-order chi connectivity index (χ1) is 5.66. The first-order valence-corrected chi connectivity index (χ1v) is 4.82. The summed E-state index contributed by atoms with van der Waals surface area (Å²) in [6.45, 7) is 4.21. The summed E-state index contributed by atoms with van der Waals surface area (Å²) in [4.78, 5) is 0. The van der Waals surface area contributed by atoms with Gasteiger partial charge in [-0.25, -0.2) is 0 Å². The minimum absolute atomic E-state index is 0.450. The Hall–Kier alpha value is -0.850. The van der Waals surface area contributed by atoms with Gasteiger partial charge in [0.05, 0.1) is 6.07 Å².